The molecule has 3 aromatic heterocycles. The van der Waals surface area contributed by atoms with Gasteiger partial charge in [0.05, 0.1) is 11.2 Å². The van der Waals surface area contributed by atoms with Crippen LogP contribution in [0.4, 0.5) is 24.8 Å². The van der Waals surface area contributed by atoms with Gasteiger partial charge in [0.2, 0.25) is 5.91 Å². The van der Waals surface area contributed by atoms with Crippen LogP contribution in [0.25, 0.3) is 16.8 Å². The van der Waals surface area contributed by atoms with E-state index in [0.717, 1.165) is 32.4 Å². The van der Waals surface area contributed by atoms with Crippen LogP contribution in [0.1, 0.15) is 53.5 Å². The van der Waals surface area contributed by atoms with Gasteiger partial charge in [-0.15, -0.1) is 0 Å². The molecular formula is C26H23Cl2F3N8O2. The minimum Gasteiger partial charge on any atom is -0.382 e. The maximum atomic E-state index is 13.1. The molecule has 15 heteroatoms. The molecule has 0 aliphatic carbocycles. The average molecular weight is 607 g/mol. The standard InChI is InChI=1S/C26H23Cl2F3N8O2/c1-37-17(26(29,30)31)9-19(36-37)34-25(41)12-3-6-15(16(27)8-12)21-22-23(32)33-10-18(28)39(22)24(35-21)13-2-4-14-5-7-20(40)38(14)11-13/h3,6,8-10,13-14H,2,4-5,7,11H2,1H3,(H2,32,33)(H,34,36,41)/t13-,14+/m1/s1. The molecule has 1 aromatic carbocycles. The van der Waals surface area contributed by atoms with Gasteiger partial charge >= 0.3 is 6.18 Å². The van der Waals surface area contributed by atoms with Gasteiger partial charge in [-0.05, 0) is 31.4 Å². The lowest BCUT2D eigenvalue weighted by Crippen LogP contribution is -2.41. The SMILES string of the molecule is Cn1nc(NC(=O)c2ccc(-c3nc([C@@H]4CC[C@H]5CCC(=O)N5C4)n4c(Cl)cnc(N)c34)c(Cl)c2)cc1C(F)(F)F. The number of benzene rings is 1. The first-order valence-electron chi connectivity index (χ1n) is 12.8. The van der Waals surface area contributed by atoms with Crippen molar-refractivity contribution in [3.63, 3.8) is 0 Å². The van der Waals surface area contributed by atoms with Crippen LogP contribution in [-0.4, -0.2) is 53.5 Å². The zero-order chi connectivity index (χ0) is 29.2. The van der Waals surface area contributed by atoms with Gasteiger partial charge in [0.15, 0.2) is 5.82 Å². The molecule has 2 aliphatic rings. The van der Waals surface area contributed by atoms with Crippen LogP contribution in [0.3, 0.4) is 0 Å². The Morgan fingerprint density at radius 3 is 2.66 bits per heavy atom. The van der Waals surface area contributed by atoms with Crippen molar-refractivity contribution < 1.29 is 22.8 Å². The second-order valence-electron chi connectivity index (χ2n) is 10.2. The number of carbonyl (C=O) groups is 2. The summed E-state index contributed by atoms with van der Waals surface area (Å²) in [4.78, 5) is 36.3. The molecule has 2 atom stereocenters. The van der Waals surface area contributed by atoms with E-state index in [2.05, 4.69) is 15.4 Å². The number of nitrogens with zero attached hydrogens (tertiary/aromatic N) is 6. The first-order chi connectivity index (χ1) is 19.4. The van der Waals surface area contributed by atoms with E-state index in [1.807, 2.05) is 4.90 Å². The number of hydrogen-bond acceptors (Lipinski definition) is 6. The van der Waals surface area contributed by atoms with Crippen LogP contribution in [0.15, 0.2) is 30.5 Å². The number of aromatic nitrogens is 5. The van der Waals surface area contributed by atoms with Crippen molar-refractivity contribution >= 4 is 52.2 Å². The van der Waals surface area contributed by atoms with Gasteiger partial charge in [-0.1, -0.05) is 29.3 Å². The Balaban J connectivity index is 1.34. The van der Waals surface area contributed by atoms with E-state index < -0.39 is 17.8 Å². The van der Waals surface area contributed by atoms with E-state index in [4.69, 9.17) is 33.9 Å². The minimum absolute atomic E-state index is 0.0942. The summed E-state index contributed by atoms with van der Waals surface area (Å²) in [6.45, 7) is 0.511. The Morgan fingerprint density at radius 2 is 1.95 bits per heavy atom. The number of nitrogen functional groups attached to an aromatic ring is 1. The Labute approximate surface area is 241 Å². The van der Waals surface area contributed by atoms with Crippen LogP contribution < -0.4 is 11.1 Å². The lowest BCUT2D eigenvalue weighted by atomic mass is 9.92. The molecule has 6 rings (SSSR count). The monoisotopic (exact) mass is 606 g/mol. The molecule has 10 nitrogen and oxygen atoms in total. The second-order valence-corrected chi connectivity index (χ2v) is 11.0. The first-order valence-corrected chi connectivity index (χ1v) is 13.5. The molecule has 2 saturated heterocycles. The highest BCUT2D eigenvalue weighted by Gasteiger charge is 2.39. The number of fused-ring (bicyclic) bond motifs is 2. The number of nitrogens with two attached hydrogens (primary N) is 1. The fourth-order valence-corrected chi connectivity index (χ4v) is 6.19. The van der Waals surface area contributed by atoms with Gasteiger partial charge in [-0.25, -0.2) is 9.97 Å². The zero-order valence-electron chi connectivity index (χ0n) is 21.5. The van der Waals surface area contributed by atoms with E-state index >= 15 is 0 Å². The maximum absolute atomic E-state index is 13.1. The van der Waals surface area contributed by atoms with Crippen LogP contribution in [0, 0.1) is 0 Å². The molecule has 2 aliphatic heterocycles. The lowest BCUT2D eigenvalue weighted by molar-refractivity contribution is -0.143. The Hall–Kier alpha value is -3.84. The molecule has 2 fully saturated rings. The van der Waals surface area contributed by atoms with Crippen molar-refractivity contribution in [3.8, 4) is 11.3 Å². The smallest absolute Gasteiger partial charge is 0.382 e. The molecule has 214 valence electrons. The number of halogens is 5. The number of rotatable bonds is 4. The highest BCUT2D eigenvalue weighted by Crippen LogP contribution is 2.40. The molecule has 0 unspecified atom stereocenters. The van der Waals surface area contributed by atoms with Crippen molar-refractivity contribution in [1.82, 2.24) is 29.0 Å². The molecule has 0 radical (unpaired) electrons. The van der Waals surface area contributed by atoms with Gasteiger partial charge < -0.3 is 16.0 Å². The number of anilines is 2. The summed E-state index contributed by atoms with van der Waals surface area (Å²) < 4.78 is 41.7. The summed E-state index contributed by atoms with van der Waals surface area (Å²) in [5, 5.41) is 6.52. The van der Waals surface area contributed by atoms with Gasteiger partial charge in [0.25, 0.3) is 5.91 Å². The van der Waals surface area contributed by atoms with Gasteiger partial charge in [0.1, 0.15) is 33.7 Å². The van der Waals surface area contributed by atoms with Gasteiger partial charge in [-0.2, -0.15) is 18.3 Å². The number of hydrogen-bond donors (Lipinski definition) is 2. The predicted octanol–water partition coefficient (Wildman–Crippen LogP) is 5.16. The fourth-order valence-electron chi connectivity index (χ4n) is 5.70. The van der Waals surface area contributed by atoms with E-state index in [1.165, 1.54) is 18.3 Å². The van der Waals surface area contributed by atoms with Gasteiger partial charge in [-0.3, -0.25) is 18.7 Å². The van der Waals surface area contributed by atoms with Crippen molar-refractivity contribution in [1.29, 1.82) is 0 Å². The molecule has 3 N–H and O–H groups in total. The molecule has 2 amide bonds. The second kappa shape index (κ2) is 9.91. The minimum atomic E-state index is -4.62. The number of nitrogens with one attached hydrogen (secondary N) is 1. The van der Waals surface area contributed by atoms with E-state index in [-0.39, 0.29) is 40.1 Å². The fraction of sp³-hybridized carbons (Fsp3) is 0.346. The maximum Gasteiger partial charge on any atom is 0.433 e. The molecule has 41 heavy (non-hydrogen) atoms. The topological polar surface area (TPSA) is 123 Å². The number of imidazole rings is 1. The number of amides is 2. The Bertz CT molecular complexity index is 1720. The van der Waals surface area contributed by atoms with Gasteiger partial charge in [0, 0.05) is 49.2 Å². The summed E-state index contributed by atoms with van der Waals surface area (Å²) >= 11 is 13.2. The highest BCUT2D eigenvalue weighted by molar-refractivity contribution is 6.34. The number of alkyl halides is 3. The Kier molecular flexibility index (Phi) is 6.61. The van der Waals surface area contributed by atoms with Crippen LogP contribution in [0.2, 0.25) is 10.2 Å². The molecule has 0 saturated carbocycles. The summed E-state index contributed by atoms with van der Waals surface area (Å²) in [6.07, 6.45) is -0.128. The number of piperidine rings is 1. The van der Waals surface area contributed by atoms with E-state index in [1.54, 1.807) is 10.5 Å². The summed E-state index contributed by atoms with van der Waals surface area (Å²) in [7, 11) is 1.13. The van der Waals surface area contributed by atoms with E-state index in [0.29, 0.717) is 45.4 Å². The lowest BCUT2D eigenvalue weighted by Gasteiger charge is -2.34. The van der Waals surface area contributed by atoms with Crippen LogP contribution >= 0.6 is 23.2 Å². The summed E-state index contributed by atoms with van der Waals surface area (Å²) in [5.41, 5.74) is 6.66. The quantitative estimate of drug-likeness (QED) is 0.331. The molecule has 4 aromatic rings. The molecule has 5 heterocycles. The predicted molar refractivity (Wildman–Crippen MR) is 146 cm³/mol. The average Bonchev–Trinajstić information content (AvgIpc) is 3.61. The van der Waals surface area contributed by atoms with Crippen molar-refractivity contribution in [2.45, 2.75) is 43.8 Å². The number of carbonyl (C=O) groups excluding carboxylic acids is 2. The zero-order valence-corrected chi connectivity index (χ0v) is 23.1. The van der Waals surface area contributed by atoms with E-state index in [9.17, 15) is 22.8 Å². The largest absolute Gasteiger partial charge is 0.433 e. The van der Waals surface area contributed by atoms with Crippen molar-refractivity contribution in [3.05, 3.63) is 57.7 Å². The van der Waals surface area contributed by atoms with Crippen LogP contribution in [0.5, 0.6) is 0 Å². The molecular weight excluding hydrogens is 584 g/mol. The van der Waals surface area contributed by atoms with Crippen molar-refractivity contribution in [2.75, 3.05) is 17.6 Å². The normalized spacial score (nSPS) is 19.2. The third-order valence-electron chi connectivity index (χ3n) is 7.65. The summed E-state index contributed by atoms with van der Waals surface area (Å²) in [5.74, 6) is -0.127. The third kappa shape index (κ3) is 4.76. The number of aryl methyl sites for hydroxylation is 1. The first kappa shape index (κ1) is 27.3. The Morgan fingerprint density at radius 1 is 1.17 bits per heavy atom. The van der Waals surface area contributed by atoms with Crippen molar-refractivity contribution in [2.24, 2.45) is 7.05 Å². The highest BCUT2D eigenvalue weighted by atomic mass is 35.5. The molecule has 0 bridgehead atoms. The van der Waals surface area contributed by atoms with Crippen LogP contribution in [-0.2, 0) is 18.0 Å². The third-order valence-corrected chi connectivity index (χ3v) is 8.23. The summed E-state index contributed by atoms with van der Waals surface area (Å²) in [6, 6.07) is 5.41. The molecule has 0 spiro atoms.